The first-order valence-electron chi connectivity index (χ1n) is 6.68. The zero-order valence-corrected chi connectivity index (χ0v) is 10.3. The first-order valence-corrected chi connectivity index (χ1v) is 6.68. The topological polar surface area (TPSA) is 26.0 Å². The quantitative estimate of drug-likeness (QED) is 0.767. The lowest BCUT2D eigenvalue weighted by Gasteiger charge is -2.14. The van der Waals surface area contributed by atoms with E-state index in [4.69, 9.17) is 5.73 Å². The zero-order valence-electron chi connectivity index (χ0n) is 10.3. The van der Waals surface area contributed by atoms with Crippen molar-refractivity contribution in [3.63, 3.8) is 0 Å². The van der Waals surface area contributed by atoms with Gasteiger partial charge in [-0.25, -0.2) is 0 Å². The summed E-state index contributed by atoms with van der Waals surface area (Å²) in [6.45, 7) is 2.25. The summed E-state index contributed by atoms with van der Waals surface area (Å²) in [7, 11) is 0. The van der Waals surface area contributed by atoms with E-state index in [1.165, 1.54) is 55.2 Å². The van der Waals surface area contributed by atoms with Crippen LogP contribution in [0, 0.1) is 0 Å². The second-order valence-corrected chi connectivity index (χ2v) is 4.99. The first kappa shape index (κ1) is 11.7. The van der Waals surface area contributed by atoms with Crippen LogP contribution >= 0.6 is 0 Å². The third-order valence-corrected chi connectivity index (χ3v) is 3.64. The number of aryl methyl sites for hydroxylation is 2. The summed E-state index contributed by atoms with van der Waals surface area (Å²) in [6, 6.07) is 7.25. The summed E-state index contributed by atoms with van der Waals surface area (Å²) in [4.78, 5) is 0. The van der Waals surface area contributed by atoms with Crippen LogP contribution in [0.25, 0.3) is 0 Å². The summed E-state index contributed by atoms with van der Waals surface area (Å²) in [5.41, 5.74) is 10.6. The second-order valence-electron chi connectivity index (χ2n) is 4.99. The minimum Gasteiger partial charge on any atom is -0.324 e. The SMILES string of the molecule is CCCCc1ccc2c(c1)C(N)CCCC2. The van der Waals surface area contributed by atoms with E-state index in [1.807, 2.05) is 0 Å². The maximum Gasteiger partial charge on any atom is 0.0297 e. The Morgan fingerprint density at radius 2 is 2.19 bits per heavy atom. The van der Waals surface area contributed by atoms with Gasteiger partial charge in [0.05, 0.1) is 0 Å². The van der Waals surface area contributed by atoms with Crippen molar-refractivity contribution in [2.24, 2.45) is 5.73 Å². The van der Waals surface area contributed by atoms with Gasteiger partial charge in [0.25, 0.3) is 0 Å². The van der Waals surface area contributed by atoms with Crippen LogP contribution in [0.5, 0.6) is 0 Å². The zero-order chi connectivity index (χ0) is 11.4. The van der Waals surface area contributed by atoms with Crippen molar-refractivity contribution >= 4 is 0 Å². The van der Waals surface area contributed by atoms with E-state index >= 15 is 0 Å². The van der Waals surface area contributed by atoms with Crippen molar-refractivity contribution in [2.45, 2.75) is 57.9 Å². The van der Waals surface area contributed by atoms with E-state index in [-0.39, 0.29) is 6.04 Å². The number of unbranched alkanes of at least 4 members (excludes halogenated alkanes) is 1. The van der Waals surface area contributed by atoms with Gasteiger partial charge in [0.1, 0.15) is 0 Å². The summed E-state index contributed by atoms with van der Waals surface area (Å²) in [5, 5.41) is 0. The van der Waals surface area contributed by atoms with Crippen molar-refractivity contribution in [2.75, 3.05) is 0 Å². The van der Waals surface area contributed by atoms with Gasteiger partial charge in [0.2, 0.25) is 0 Å². The van der Waals surface area contributed by atoms with Gasteiger partial charge in [-0.2, -0.15) is 0 Å². The van der Waals surface area contributed by atoms with Crippen LogP contribution in [0.3, 0.4) is 0 Å². The highest BCUT2D eigenvalue weighted by Crippen LogP contribution is 2.28. The highest BCUT2D eigenvalue weighted by molar-refractivity contribution is 5.35. The largest absolute Gasteiger partial charge is 0.324 e. The van der Waals surface area contributed by atoms with Crippen LogP contribution in [0.1, 0.15) is 61.8 Å². The van der Waals surface area contributed by atoms with Crippen LogP contribution in [-0.4, -0.2) is 0 Å². The molecule has 0 aromatic heterocycles. The molecule has 1 atom stereocenters. The molecule has 0 amide bonds. The molecular formula is C15H23N. The van der Waals surface area contributed by atoms with E-state index in [9.17, 15) is 0 Å². The average molecular weight is 217 g/mol. The average Bonchev–Trinajstić information content (AvgIpc) is 2.49. The fraction of sp³-hybridized carbons (Fsp3) is 0.600. The van der Waals surface area contributed by atoms with Crippen molar-refractivity contribution in [3.05, 3.63) is 34.9 Å². The van der Waals surface area contributed by atoms with E-state index in [1.54, 1.807) is 0 Å². The molecule has 0 bridgehead atoms. The molecule has 1 nitrogen and oxygen atoms in total. The Labute approximate surface area is 99.0 Å². The molecule has 0 aliphatic heterocycles. The number of rotatable bonds is 3. The van der Waals surface area contributed by atoms with E-state index in [0.717, 1.165) is 6.42 Å². The van der Waals surface area contributed by atoms with E-state index in [0.29, 0.717) is 0 Å². The van der Waals surface area contributed by atoms with Crippen LogP contribution in [0.15, 0.2) is 18.2 Å². The number of nitrogens with two attached hydrogens (primary N) is 1. The molecule has 1 heteroatoms. The molecule has 1 unspecified atom stereocenters. The Hall–Kier alpha value is -0.820. The van der Waals surface area contributed by atoms with Crippen molar-refractivity contribution in [3.8, 4) is 0 Å². The number of hydrogen-bond donors (Lipinski definition) is 1. The van der Waals surface area contributed by atoms with Gasteiger partial charge in [-0.05, 0) is 48.8 Å². The van der Waals surface area contributed by atoms with Gasteiger partial charge in [0.15, 0.2) is 0 Å². The molecule has 0 spiro atoms. The smallest absolute Gasteiger partial charge is 0.0297 e. The molecule has 16 heavy (non-hydrogen) atoms. The van der Waals surface area contributed by atoms with Gasteiger partial charge in [-0.3, -0.25) is 0 Å². The third-order valence-electron chi connectivity index (χ3n) is 3.64. The molecule has 88 valence electrons. The lowest BCUT2D eigenvalue weighted by atomic mass is 9.95. The number of benzene rings is 1. The van der Waals surface area contributed by atoms with Gasteiger partial charge >= 0.3 is 0 Å². The first-order chi connectivity index (χ1) is 7.81. The summed E-state index contributed by atoms with van der Waals surface area (Å²) < 4.78 is 0. The van der Waals surface area contributed by atoms with Crippen LogP contribution in [-0.2, 0) is 12.8 Å². The Kier molecular flexibility index (Phi) is 4.00. The molecule has 1 aromatic rings. The molecule has 0 fully saturated rings. The van der Waals surface area contributed by atoms with Crippen LogP contribution in [0.2, 0.25) is 0 Å². The normalized spacial score (nSPS) is 20.2. The van der Waals surface area contributed by atoms with Gasteiger partial charge < -0.3 is 5.73 Å². The second kappa shape index (κ2) is 5.49. The minimum absolute atomic E-state index is 0.277. The van der Waals surface area contributed by atoms with Gasteiger partial charge in [-0.15, -0.1) is 0 Å². The third kappa shape index (κ3) is 2.65. The van der Waals surface area contributed by atoms with Gasteiger partial charge in [-0.1, -0.05) is 38.0 Å². The maximum atomic E-state index is 6.24. The highest BCUT2D eigenvalue weighted by Gasteiger charge is 2.15. The molecular weight excluding hydrogens is 194 g/mol. The lowest BCUT2D eigenvalue weighted by molar-refractivity contribution is 0.614. The van der Waals surface area contributed by atoms with Crippen LogP contribution < -0.4 is 5.73 Å². The summed E-state index contributed by atoms with van der Waals surface area (Å²) in [5.74, 6) is 0. The number of hydrogen-bond acceptors (Lipinski definition) is 1. The summed E-state index contributed by atoms with van der Waals surface area (Å²) >= 11 is 0. The molecule has 1 aliphatic rings. The monoisotopic (exact) mass is 217 g/mol. The Morgan fingerprint density at radius 3 is 3.00 bits per heavy atom. The molecule has 2 rings (SSSR count). The van der Waals surface area contributed by atoms with E-state index in [2.05, 4.69) is 25.1 Å². The van der Waals surface area contributed by atoms with E-state index < -0.39 is 0 Å². The maximum absolute atomic E-state index is 6.24. The molecule has 2 N–H and O–H groups in total. The standard InChI is InChI=1S/C15H23N/c1-2-3-6-12-9-10-13-7-4-5-8-15(16)14(13)11-12/h9-11,15H,2-8,16H2,1H3. The molecule has 0 heterocycles. The Bertz CT molecular complexity index is 343. The van der Waals surface area contributed by atoms with Crippen molar-refractivity contribution < 1.29 is 0 Å². The van der Waals surface area contributed by atoms with Crippen molar-refractivity contribution in [1.82, 2.24) is 0 Å². The molecule has 1 aromatic carbocycles. The fourth-order valence-electron chi connectivity index (χ4n) is 2.59. The molecule has 1 aliphatic carbocycles. The highest BCUT2D eigenvalue weighted by atomic mass is 14.6. The molecule has 0 saturated heterocycles. The Balaban J connectivity index is 2.21. The van der Waals surface area contributed by atoms with Crippen LogP contribution in [0.4, 0.5) is 0 Å². The summed E-state index contributed by atoms with van der Waals surface area (Å²) in [6.07, 6.45) is 8.71. The molecule has 0 radical (unpaired) electrons. The predicted octanol–water partition coefficient (Wildman–Crippen LogP) is 3.76. The van der Waals surface area contributed by atoms with Gasteiger partial charge in [0, 0.05) is 6.04 Å². The lowest BCUT2D eigenvalue weighted by Crippen LogP contribution is -2.10. The Morgan fingerprint density at radius 1 is 1.31 bits per heavy atom. The fourth-order valence-corrected chi connectivity index (χ4v) is 2.59. The van der Waals surface area contributed by atoms with Crippen molar-refractivity contribution in [1.29, 1.82) is 0 Å². The molecule has 0 saturated carbocycles. The predicted molar refractivity (Wildman–Crippen MR) is 69.5 cm³/mol. The minimum atomic E-state index is 0.277. The number of fused-ring (bicyclic) bond motifs is 1.